The van der Waals surface area contributed by atoms with Crippen LogP contribution in [0.1, 0.15) is 64.5 Å². The van der Waals surface area contributed by atoms with Gasteiger partial charge in [0.2, 0.25) is 5.56 Å². The van der Waals surface area contributed by atoms with E-state index in [1.807, 2.05) is 113 Å². The Morgan fingerprint density at radius 1 is 0.838 bits per heavy atom. The van der Waals surface area contributed by atoms with Gasteiger partial charge in [-0.2, -0.15) is 0 Å². The Kier molecular flexibility index (Phi) is 12.0. The molecule has 0 spiro atoms. The number of hydrogen-bond donors (Lipinski definition) is 2. The molecule has 0 saturated heterocycles. The predicted molar refractivity (Wildman–Crippen MR) is 156 cm³/mol. The van der Waals surface area contributed by atoms with Crippen LogP contribution in [0.4, 0.5) is 0 Å². The van der Waals surface area contributed by atoms with Crippen LogP contribution in [0.15, 0.2) is 102 Å². The number of H-pyrrole nitrogens is 1. The van der Waals surface area contributed by atoms with E-state index in [0.717, 1.165) is 33.2 Å². The topological polar surface area (TPSA) is 70.9 Å². The molecule has 1 unspecified atom stereocenters. The summed E-state index contributed by atoms with van der Waals surface area (Å²) in [4.78, 5) is 19.3. The number of imidazole rings is 1. The summed E-state index contributed by atoms with van der Waals surface area (Å²) in [6.07, 6.45) is 2.59. The van der Waals surface area contributed by atoms with Gasteiger partial charge in [0.25, 0.3) is 0 Å². The number of nitrogens with zero attached hydrogens (tertiary/aromatic N) is 2. The van der Waals surface area contributed by atoms with E-state index in [2.05, 4.69) is 22.1 Å². The molecule has 2 aromatic heterocycles. The van der Waals surface area contributed by atoms with Gasteiger partial charge >= 0.3 is 0 Å². The van der Waals surface area contributed by atoms with Crippen LogP contribution in [0.5, 0.6) is 0 Å². The Balaban J connectivity index is 0.000000750. The molecule has 0 fully saturated rings. The Labute approximate surface area is 220 Å². The number of aliphatic hydroxyl groups excluding tert-OH is 1. The first kappa shape index (κ1) is 29.3. The Morgan fingerprint density at radius 3 is 2.11 bits per heavy atom. The van der Waals surface area contributed by atoms with Gasteiger partial charge in [0.15, 0.2) is 0 Å². The van der Waals surface area contributed by atoms with E-state index in [4.69, 9.17) is 0 Å². The van der Waals surface area contributed by atoms with Crippen LogP contribution in [0, 0.1) is 0 Å². The summed E-state index contributed by atoms with van der Waals surface area (Å²) in [5.41, 5.74) is 4.98. The van der Waals surface area contributed by atoms with Crippen LogP contribution >= 0.6 is 0 Å². The van der Waals surface area contributed by atoms with Crippen molar-refractivity contribution in [1.82, 2.24) is 14.5 Å². The number of pyridine rings is 1. The van der Waals surface area contributed by atoms with Crippen molar-refractivity contribution in [3.8, 4) is 11.1 Å². The number of nitrogens with one attached hydrogen (secondary N) is 1. The van der Waals surface area contributed by atoms with Gasteiger partial charge in [0.1, 0.15) is 6.10 Å². The maximum Gasteiger partial charge on any atom is 0.249 e. The van der Waals surface area contributed by atoms with Crippen molar-refractivity contribution in [3.05, 3.63) is 125 Å². The first-order valence-electron chi connectivity index (χ1n) is 13.1. The number of aliphatic hydroxyl groups is 1. The van der Waals surface area contributed by atoms with Gasteiger partial charge in [-0.3, -0.25) is 4.79 Å². The molecular weight excluding hydrogens is 458 g/mol. The van der Waals surface area contributed by atoms with Crippen molar-refractivity contribution < 1.29 is 5.11 Å². The number of benzene rings is 3. The number of fused-ring (bicyclic) bond motifs is 1. The molecule has 5 rings (SSSR count). The lowest BCUT2D eigenvalue weighted by Gasteiger charge is -2.16. The zero-order chi connectivity index (χ0) is 27.2. The van der Waals surface area contributed by atoms with Crippen LogP contribution < -0.4 is 5.56 Å². The summed E-state index contributed by atoms with van der Waals surface area (Å²) in [5, 5.41) is 12.1. The van der Waals surface area contributed by atoms with Crippen LogP contribution in [0.2, 0.25) is 0 Å². The van der Waals surface area contributed by atoms with E-state index in [0.29, 0.717) is 12.2 Å². The monoisotopic (exact) mass is 497 g/mol. The van der Waals surface area contributed by atoms with Gasteiger partial charge in [0, 0.05) is 23.5 Å². The molecule has 0 bridgehead atoms. The largest absolute Gasteiger partial charge is 0.382 e. The average Bonchev–Trinajstić information content (AvgIpc) is 3.44. The molecule has 0 saturated carbocycles. The van der Waals surface area contributed by atoms with Gasteiger partial charge in [-0.05, 0) is 34.4 Å². The van der Waals surface area contributed by atoms with E-state index in [9.17, 15) is 9.90 Å². The average molecular weight is 498 g/mol. The molecule has 0 aliphatic rings. The molecule has 1 atom stereocenters. The van der Waals surface area contributed by atoms with Gasteiger partial charge in [-0.15, -0.1) is 0 Å². The zero-order valence-corrected chi connectivity index (χ0v) is 22.8. The molecule has 194 valence electrons. The summed E-state index contributed by atoms with van der Waals surface area (Å²) in [7, 11) is 0. The van der Waals surface area contributed by atoms with E-state index < -0.39 is 6.10 Å². The van der Waals surface area contributed by atoms with E-state index >= 15 is 0 Å². The summed E-state index contributed by atoms with van der Waals surface area (Å²) in [5.74, 6) is 0. The molecule has 2 heterocycles. The second-order valence-corrected chi connectivity index (χ2v) is 7.55. The minimum atomic E-state index is -0.842. The number of rotatable bonds is 5. The third-order valence-electron chi connectivity index (χ3n) is 5.49. The standard InChI is InChI=1S/C26H21N3O2.3C2H6/c30-25-14-21(19-9-5-2-6-10-19)22-13-20(11-12-23(22)28-25)26(31)24-15-27-17-29(24)16-18-7-3-1-4-8-18;3*1-2/h1-15,17,26,31H,16H2,(H,28,30);3*1-2H3. The summed E-state index contributed by atoms with van der Waals surface area (Å²) in [6.45, 7) is 12.6. The molecule has 3 aromatic carbocycles. The van der Waals surface area contributed by atoms with Crippen molar-refractivity contribution in [2.24, 2.45) is 0 Å². The van der Waals surface area contributed by atoms with Crippen LogP contribution in [0.25, 0.3) is 22.0 Å². The highest BCUT2D eigenvalue weighted by Gasteiger charge is 2.17. The summed E-state index contributed by atoms with van der Waals surface area (Å²) < 4.78 is 1.95. The number of aromatic nitrogens is 3. The van der Waals surface area contributed by atoms with E-state index in [1.165, 1.54) is 0 Å². The third kappa shape index (κ3) is 7.28. The van der Waals surface area contributed by atoms with Crippen LogP contribution in [-0.4, -0.2) is 19.6 Å². The molecule has 5 aromatic rings. The van der Waals surface area contributed by atoms with Crippen molar-refractivity contribution >= 4 is 10.9 Å². The Hall–Kier alpha value is -3.96. The lowest BCUT2D eigenvalue weighted by molar-refractivity contribution is 0.210. The second kappa shape index (κ2) is 15.2. The smallest absolute Gasteiger partial charge is 0.249 e. The predicted octanol–water partition coefficient (Wildman–Crippen LogP) is 7.60. The summed E-state index contributed by atoms with van der Waals surface area (Å²) >= 11 is 0. The van der Waals surface area contributed by atoms with E-state index in [1.54, 1.807) is 18.6 Å². The van der Waals surface area contributed by atoms with E-state index in [-0.39, 0.29) is 5.56 Å². The summed E-state index contributed by atoms with van der Waals surface area (Å²) in [6, 6.07) is 27.1. The van der Waals surface area contributed by atoms with Crippen LogP contribution in [0.3, 0.4) is 0 Å². The first-order chi connectivity index (χ1) is 18.2. The molecule has 0 aliphatic carbocycles. The van der Waals surface area contributed by atoms with Gasteiger partial charge < -0.3 is 14.7 Å². The van der Waals surface area contributed by atoms with Gasteiger partial charge in [0.05, 0.1) is 18.2 Å². The molecular formula is C32H39N3O2. The third-order valence-corrected chi connectivity index (χ3v) is 5.49. The highest BCUT2D eigenvalue weighted by atomic mass is 16.3. The molecule has 0 aliphatic heterocycles. The zero-order valence-electron chi connectivity index (χ0n) is 22.8. The lowest BCUT2D eigenvalue weighted by atomic mass is 9.97. The van der Waals surface area contributed by atoms with Crippen molar-refractivity contribution in [2.45, 2.75) is 54.2 Å². The van der Waals surface area contributed by atoms with Gasteiger partial charge in [-0.25, -0.2) is 4.98 Å². The molecule has 5 heteroatoms. The maximum absolute atomic E-state index is 12.2. The first-order valence-corrected chi connectivity index (χ1v) is 13.1. The van der Waals surface area contributed by atoms with Gasteiger partial charge in [-0.1, -0.05) is 108 Å². The van der Waals surface area contributed by atoms with Crippen molar-refractivity contribution in [1.29, 1.82) is 0 Å². The van der Waals surface area contributed by atoms with Crippen molar-refractivity contribution in [2.75, 3.05) is 0 Å². The minimum absolute atomic E-state index is 0.152. The molecule has 0 radical (unpaired) electrons. The number of hydrogen-bond acceptors (Lipinski definition) is 3. The molecule has 2 N–H and O–H groups in total. The fourth-order valence-corrected chi connectivity index (χ4v) is 3.94. The normalized spacial score (nSPS) is 10.7. The lowest BCUT2D eigenvalue weighted by Crippen LogP contribution is -2.10. The highest BCUT2D eigenvalue weighted by molar-refractivity contribution is 5.94. The van der Waals surface area contributed by atoms with Crippen LogP contribution in [-0.2, 0) is 6.54 Å². The fourth-order valence-electron chi connectivity index (χ4n) is 3.94. The Morgan fingerprint density at radius 2 is 1.46 bits per heavy atom. The molecule has 0 amide bonds. The second-order valence-electron chi connectivity index (χ2n) is 7.55. The highest BCUT2D eigenvalue weighted by Crippen LogP contribution is 2.30. The number of aromatic amines is 1. The fraction of sp³-hybridized carbons (Fsp3) is 0.250. The minimum Gasteiger partial charge on any atom is -0.382 e. The molecule has 37 heavy (non-hydrogen) atoms. The van der Waals surface area contributed by atoms with Crippen molar-refractivity contribution in [3.63, 3.8) is 0 Å². The Bertz CT molecular complexity index is 1390. The maximum atomic E-state index is 12.2. The SMILES string of the molecule is CC.CC.CC.O=c1cc(-c2ccccc2)c2cc(C(O)c3cncn3Cc3ccccc3)ccc2[nH]1. The quantitative estimate of drug-likeness (QED) is 0.263. The molecule has 5 nitrogen and oxygen atoms in total.